The number of nitrogens with zero attached hydrogens (tertiary/aromatic N) is 2. The molecule has 6 heteroatoms. The van der Waals surface area contributed by atoms with Gasteiger partial charge in [-0.05, 0) is 26.0 Å². The van der Waals surface area contributed by atoms with Gasteiger partial charge in [0.15, 0.2) is 0 Å². The number of benzene rings is 1. The Labute approximate surface area is 107 Å². The fourth-order valence-electron chi connectivity index (χ4n) is 1.67. The first kappa shape index (κ1) is 12.6. The molecule has 0 unspecified atom stereocenters. The van der Waals surface area contributed by atoms with E-state index in [2.05, 4.69) is 9.82 Å². The highest BCUT2D eigenvalue weighted by Gasteiger charge is 2.16. The van der Waals surface area contributed by atoms with Gasteiger partial charge in [-0.15, -0.1) is 0 Å². The number of nitrogens with one attached hydrogen (secondary N) is 1. The lowest BCUT2D eigenvalue weighted by Gasteiger charge is -2.07. The number of anilines is 1. The molecule has 0 aliphatic heterocycles. The van der Waals surface area contributed by atoms with Gasteiger partial charge in [0.1, 0.15) is 0 Å². The number of rotatable bonds is 4. The molecule has 96 valence electrons. The molecule has 1 aromatic heterocycles. The van der Waals surface area contributed by atoms with Crippen molar-refractivity contribution < 1.29 is 8.42 Å². The Kier molecular flexibility index (Phi) is 3.38. The van der Waals surface area contributed by atoms with E-state index in [-0.39, 0.29) is 4.90 Å². The summed E-state index contributed by atoms with van der Waals surface area (Å²) < 4.78 is 28.5. The number of aryl methyl sites for hydroxylation is 1. The normalized spacial score (nSPS) is 11.4. The van der Waals surface area contributed by atoms with E-state index in [0.717, 1.165) is 5.69 Å². The maximum absolute atomic E-state index is 12.1. The Morgan fingerprint density at radius 3 is 2.50 bits per heavy atom. The zero-order valence-electron chi connectivity index (χ0n) is 10.3. The number of hydrogen-bond acceptors (Lipinski definition) is 3. The van der Waals surface area contributed by atoms with E-state index in [0.29, 0.717) is 12.2 Å². The smallest absolute Gasteiger partial charge is 0.262 e. The van der Waals surface area contributed by atoms with Crippen LogP contribution in [0.25, 0.3) is 0 Å². The van der Waals surface area contributed by atoms with Gasteiger partial charge in [-0.1, -0.05) is 18.2 Å². The summed E-state index contributed by atoms with van der Waals surface area (Å²) in [5, 5.41) is 4.10. The Morgan fingerprint density at radius 2 is 1.94 bits per heavy atom. The minimum absolute atomic E-state index is 0.244. The molecule has 0 saturated carbocycles. The van der Waals surface area contributed by atoms with E-state index in [4.69, 9.17) is 0 Å². The third-order valence-electron chi connectivity index (χ3n) is 2.70. The number of aromatic nitrogens is 2. The summed E-state index contributed by atoms with van der Waals surface area (Å²) in [6.45, 7) is 4.49. The van der Waals surface area contributed by atoms with Gasteiger partial charge in [-0.25, -0.2) is 8.42 Å². The predicted octanol–water partition coefficient (Wildman–Crippen LogP) is 2.01. The molecule has 5 nitrogen and oxygen atoms in total. The molecule has 0 fully saturated rings. The summed E-state index contributed by atoms with van der Waals surface area (Å²) in [4.78, 5) is 0.244. The van der Waals surface area contributed by atoms with Gasteiger partial charge in [0, 0.05) is 6.54 Å². The van der Waals surface area contributed by atoms with Crippen molar-refractivity contribution in [3.63, 3.8) is 0 Å². The lowest BCUT2D eigenvalue weighted by atomic mass is 10.4. The number of sulfonamides is 1. The molecule has 0 atom stereocenters. The monoisotopic (exact) mass is 265 g/mol. The molecule has 18 heavy (non-hydrogen) atoms. The minimum Gasteiger partial charge on any atom is -0.276 e. The van der Waals surface area contributed by atoms with Gasteiger partial charge < -0.3 is 0 Å². The van der Waals surface area contributed by atoms with Crippen LogP contribution in [0.15, 0.2) is 41.4 Å². The molecule has 0 aliphatic carbocycles. The third-order valence-corrected chi connectivity index (χ3v) is 4.08. The van der Waals surface area contributed by atoms with Crippen molar-refractivity contribution in [1.29, 1.82) is 0 Å². The first-order valence-electron chi connectivity index (χ1n) is 5.65. The summed E-state index contributed by atoms with van der Waals surface area (Å²) in [6, 6.07) is 8.27. The molecule has 0 spiro atoms. The van der Waals surface area contributed by atoms with E-state index in [9.17, 15) is 8.42 Å². The Morgan fingerprint density at radius 1 is 1.28 bits per heavy atom. The second-order valence-electron chi connectivity index (χ2n) is 3.88. The largest absolute Gasteiger partial charge is 0.276 e. The molecule has 0 aliphatic rings. The molecule has 0 radical (unpaired) electrons. The second-order valence-corrected chi connectivity index (χ2v) is 5.56. The molecule has 1 aromatic carbocycles. The van der Waals surface area contributed by atoms with Crippen LogP contribution in [-0.2, 0) is 16.6 Å². The maximum Gasteiger partial charge on any atom is 0.262 e. The molecular formula is C12H15N3O2S. The predicted molar refractivity (Wildman–Crippen MR) is 69.9 cm³/mol. The molecular weight excluding hydrogens is 250 g/mol. The highest BCUT2D eigenvalue weighted by Crippen LogP contribution is 2.18. The fraction of sp³-hybridized carbons (Fsp3) is 0.250. The van der Waals surface area contributed by atoms with Crippen molar-refractivity contribution in [3.8, 4) is 0 Å². The van der Waals surface area contributed by atoms with Crippen LogP contribution in [0.5, 0.6) is 0 Å². The Bertz CT molecular complexity index is 633. The van der Waals surface area contributed by atoms with E-state index in [1.165, 1.54) is 6.20 Å². The van der Waals surface area contributed by atoms with Crippen LogP contribution in [0.1, 0.15) is 12.6 Å². The summed E-state index contributed by atoms with van der Waals surface area (Å²) in [5.41, 5.74) is 1.32. The highest BCUT2D eigenvalue weighted by molar-refractivity contribution is 7.92. The molecule has 1 N–H and O–H groups in total. The fourth-order valence-corrected chi connectivity index (χ4v) is 2.79. The zero-order valence-corrected chi connectivity index (χ0v) is 11.1. The Hall–Kier alpha value is -1.82. The van der Waals surface area contributed by atoms with Gasteiger partial charge in [0.05, 0.1) is 22.5 Å². The average Bonchev–Trinajstić information content (AvgIpc) is 2.71. The molecule has 0 saturated heterocycles. The molecule has 0 bridgehead atoms. The average molecular weight is 265 g/mol. The van der Waals surface area contributed by atoms with E-state index >= 15 is 0 Å². The lowest BCUT2D eigenvalue weighted by molar-refractivity contribution is 0.601. The Balaban J connectivity index is 2.31. The maximum atomic E-state index is 12.1. The minimum atomic E-state index is -3.53. The quantitative estimate of drug-likeness (QED) is 0.919. The van der Waals surface area contributed by atoms with Crippen LogP contribution in [0.2, 0.25) is 0 Å². The van der Waals surface area contributed by atoms with E-state index < -0.39 is 10.0 Å². The van der Waals surface area contributed by atoms with Crippen molar-refractivity contribution in [1.82, 2.24) is 9.78 Å². The summed E-state index contributed by atoms with van der Waals surface area (Å²) >= 11 is 0. The van der Waals surface area contributed by atoms with Crippen molar-refractivity contribution in [2.24, 2.45) is 0 Å². The number of hydrogen-bond donors (Lipinski definition) is 1. The van der Waals surface area contributed by atoms with Gasteiger partial charge in [0.2, 0.25) is 0 Å². The highest BCUT2D eigenvalue weighted by atomic mass is 32.2. The first-order valence-corrected chi connectivity index (χ1v) is 7.13. The van der Waals surface area contributed by atoms with Crippen LogP contribution in [0, 0.1) is 6.92 Å². The zero-order chi connectivity index (χ0) is 13.2. The first-order chi connectivity index (χ1) is 8.54. The summed E-state index contributed by atoms with van der Waals surface area (Å²) in [5.74, 6) is 0. The SMILES string of the molecule is CCn1ncc(NS(=O)(=O)c2ccccc2)c1C. The van der Waals surface area contributed by atoms with Gasteiger partial charge in [-0.3, -0.25) is 9.40 Å². The van der Waals surface area contributed by atoms with Crippen molar-refractivity contribution in [2.75, 3.05) is 4.72 Å². The van der Waals surface area contributed by atoms with Crippen LogP contribution in [0.3, 0.4) is 0 Å². The third kappa shape index (κ3) is 2.38. The summed E-state index contributed by atoms with van der Waals surface area (Å²) in [7, 11) is -3.53. The van der Waals surface area contributed by atoms with Gasteiger partial charge in [0.25, 0.3) is 10.0 Å². The standard InChI is InChI=1S/C12H15N3O2S/c1-3-15-10(2)12(9-13-15)14-18(16,17)11-7-5-4-6-8-11/h4-9,14H,3H2,1-2H3. The second kappa shape index (κ2) is 4.81. The summed E-state index contributed by atoms with van der Waals surface area (Å²) in [6.07, 6.45) is 1.53. The lowest BCUT2D eigenvalue weighted by Crippen LogP contribution is -2.13. The molecule has 0 amide bonds. The molecule has 1 heterocycles. The topological polar surface area (TPSA) is 64.0 Å². The van der Waals surface area contributed by atoms with Crippen LogP contribution in [0.4, 0.5) is 5.69 Å². The molecule has 2 rings (SSSR count). The van der Waals surface area contributed by atoms with E-state index in [1.807, 2.05) is 13.8 Å². The van der Waals surface area contributed by atoms with Crippen molar-refractivity contribution in [2.45, 2.75) is 25.3 Å². The van der Waals surface area contributed by atoms with Crippen LogP contribution in [-0.4, -0.2) is 18.2 Å². The van der Waals surface area contributed by atoms with Gasteiger partial charge >= 0.3 is 0 Å². The van der Waals surface area contributed by atoms with Crippen LogP contribution >= 0.6 is 0 Å². The van der Waals surface area contributed by atoms with Crippen molar-refractivity contribution >= 4 is 15.7 Å². The molecule has 2 aromatic rings. The van der Waals surface area contributed by atoms with E-state index in [1.54, 1.807) is 35.0 Å². The van der Waals surface area contributed by atoms with Gasteiger partial charge in [-0.2, -0.15) is 5.10 Å². The van der Waals surface area contributed by atoms with Crippen molar-refractivity contribution in [3.05, 3.63) is 42.2 Å². The van der Waals surface area contributed by atoms with Crippen LogP contribution < -0.4 is 4.72 Å².